The third-order valence-corrected chi connectivity index (χ3v) is 15.1. The molecule has 5 fully saturated rings. The molecule has 4 amide bonds. The molecule has 1 saturated carbocycles. The van der Waals surface area contributed by atoms with Gasteiger partial charge in [-0.25, -0.2) is 4.98 Å². The molecule has 2 aromatic heterocycles. The van der Waals surface area contributed by atoms with Crippen LogP contribution in [0.25, 0.3) is 21.9 Å². The minimum absolute atomic E-state index is 0.0252. The number of aromatic nitrogens is 2. The second-order valence-electron chi connectivity index (χ2n) is 19.0. The maximum Gasteiger partial charge on any atom is 0.404 e. The Balaban J connectivity index is 0.755. The molecule has 2 aromatic carbocycles. The summed E-state index contributed by atoms with van der Waals surface area (Å²) < 4.78 is 68.7. The van der Waals surface area contributed by atoms with Gasteiger partial charge in [0.05, 0.1) is 55.6 Å². The number of nitrogens with zero attached hydrogens (tertiary/aromatic N) is 5. The number of piperidine rings is 3. The van der Waals surface area contributed by atoms with E-state index in [1.807, 2.05) is 18.2 Å². The summed E-state index contributed by atoms with van der Waals surface area (Å²) in [4.78, 5) is 77.7. The number of methoxy groups -OCH3 is 2. The number of halogens is 3. The Morgan fingerprint density at radius 1 is 0.838 bits per heavy atom. The molecule has 4 saturated heterocycles. The lowest BCUT2D eigenvalue weighted by atomic mass is 9.61. The molecule has 5 aliphatic heterocycles. The lowest BCUT2D eigenvalue weighted by Crippen LogP contribution is -2.58. The van der Waals surface area contributed by atoms with Crippen LogP contribution in [0.4, 0.5) is 19.0 Å². The Morgan fingerprint density at radius 2 is 1.53 bits per heavy atom. The largest absolute Gasteiger partial charge is 0.496 e. The van der Waals surface area contributed by atoms with Crippen LogP contribution in [0.5, 0.6) is 17.2 Å². The highest BCUT2D eigenvalue weighted by Gasteiger charge is 2.53. The number of aromatic amines is 1. The molecule has 7 heterocycles. The summed E-state index contributed by atoms with van der Waals surface area (Å²) in [6.45, 7) is 4.59. The minimum Gasteiger partial charge on any atom is -0.496 e. The fourth-order valence-corrected chi connectivity index (χ4v) is 11.5. The third kappa shape index (κ3) is 8.57. The van der Waals surface area contributed by atoms with Gasteiger partial charge in [0.1, 0.15) is 35.2 Å². The summed E-state index contributed by atoms with van der Waals surface area (Å²) >= 11 is 0. The van der Waals surface area contributed by atoms with Crippen LogP contribution in [0.15, 0.2) is 53.6 Å². The summed E-state index contributed by atoms with van der Waals surface area (Å²) in [5.74, 6) is -0.609. The molecule has 0 radical (unpaired) electrons. The van der Waals surface area contributed by atoms with E-state index in [9.17, 15) is 24.0 Å². The number of ether oxygens (including phenoxy) is 4. The van der Waals surface area contributed by atoms with Crippen LogP contribution in [0, 0.1) is 11.3 Å². The van der Waals surface area contributed by atoms with E-state index >= 15 is 13.2 Å². The second kappa shape index (κ2) is 18.1. The summed E-state index contributed by atoms with van der Waals surface area (Å²) in [7, 11) is 3.16. The van der Waals surface area contributed by atoms with Crippen LogP contribution in [0.3, 0.4) is 0 Å². The Labute approximate surface area is 390 Å². The van der Waals surface area contributed by atoms with Crippen molar-refractivity contribution in [3.8, 4) is 28.4 Å². The van der Waals surface area contributed by atoms with Gasteiger partial charge >= 0.3 is 6.18 Å². The molecule has 2 atom stereocenters. The lowest BCUT2D eigenvalue weighted by molar-refractivity contribution is -0.210. The highest BCUT2D eigenvalue weighted by atomic mass is 19.4. The van der Waals surface area contributed by atoms with Gasteiger partial charge in [-0.05, 0) is 124 Å². The first-order valence-electron chi connectivity index (χ1n) is 23.4. The number of anilines is 1. The number of nitrogens with one attached hydrogen (secondary N) is 2. The van der Waals surface area contributed by atoms with E-state index in [0.717, 1.165) is 32.8 Å². The van der Waals surface area contributed by atoms with Crippen LogP contribution in [0.2, 0.25) is 0 Å². The van der Waals surface area contributed by atoms with E-state index in [-0.39, 0.29) is 41.0 Å². The molecule has 1 spiro atoms. The molecule has 1 aliphatic carbocycles. The fraction of sp³-hybridized carbons (Fsp3) is 0.510. The van der Waals surface area contributed by atoms with Gasteiger partial charge in [-0.15, -0.1) is 0 Å². The summed E-state index contributed by atoms with van der Waals surface area (Å²) in [5.41, 5.74) is 2.23. The third-order valence-electron chi connectivity index (χ3n) is 15.1. The van der Waals surface area contributed by atoms with Gasteiger partial charge in [0, 0.05) is 49.4 Å². The van der Waals surface area contributed by atoms with Crippen LogP contribution in [-0.2, 0) is 20.9 Å². The number of likely N-dealkylation sites (tertiary alicyclic amines) is 2. The molecule has 6 aliphatic rings. The molecule has 4 aromatic rings. The first-order valence-corrected chi connectivity index (χ1v) is 23.4. The van der Waals surface area contributed by atoms with Gasteiger partial charge in [0.2, 0.25) is 11.8 Å². The SMILES string of the molecule is COc1cc(-c2c[nH]c(=O)c3cnc(N4CCOCC4)cc23)cc(OC)c1CN1CCC(C(N2CCC3(CC2)CC(Oc2ccc4c(c2)C(=O)N(C2CCC(=O)NC2=O)C4=O)C3)C(F)(F)F)CC1. The zero-order chi connectivity index (χ0) is 47.5. The fourth-order valence-electron chi connectivity index (χ4n) is 11.5. The van der Waals surface area contributed by atoms with E-state index in [1.54, 1.807) is 37.6 Å². The van der Waals surface area contributed by atoms with Gasteiger partial charge in [-0.3, -0.25) is 44.0 Å². The van der Waals surface area contributed by atoms with Crippen molar-refractivity contribution in [1.82, 2.24) is 30.0 Å². The van der Waals surface area contributed by atoms with Crippen LogP contribution < -0.4 is 30.0 Å². The average Bonchev–Trinajstić information content (AvgIpc) is 3.57. The maximum absolute atomic E-state index is 15.0. The predicted molar refractivity (Wildman–Crippen MR) is 242 cm³/mol. The standard InChI is InChI=1S/C49H54F3N7O9/c1-65-39-19-29(35-25-54-44(61)36-26-53-41(22-33(35)36)57-15-17-67-18-16-57)20-40(66-2)37(39)27-56-11-7-28(8-12-56)43(49(50,51)52)58-13-9-48(10-14-58)23-31(24-48)68-30-3-4-32-34(21-30)47(64)59(46(32)63)38-5-6-42(60)55-45(38)62/h3-4,19-22,25-26,28,31,38,43H,5-18,23-24,27H2,1-2H3,(H,54,61)(H,55,60,62). The number of amides is 4. The minimum atomic E-state index is -4.39. The average molecular weight is 942 g/mol. The molecule has 68 heavy (non-hydrogen) atoms. The number of H-pyrrole nitrogens is 1. The highest BCUT2D eigenvalue weighted by molar-refractivity contribution is 6.23. The number of pyridine rings is 2. The summed E-state index contributed by atoms with van der Waals surface area (Å²) in [6.07, 6.45) is 2.12. The number of imide groups is 2. The van der Waals surface area contributed by atoms with Crippen molar-refractivity contribution in [1.29, 1.82) is 0 Å². The Kier molecular flexibility index (Phi) is 12.2. The van der Waals surface area contributed by atoms with Crippen molar-refractivity contribution < 1.29 is 51.3 Å². The highest BCUT2D eigenvalue weighted by Crippen LogP contribution is 2.52. The van der Waals surface area contributed by atoms with Gasteiger partial charge in [-0.1, -0.05) is 0 Å². The van der Waals surface area contributed by atoms with E-state index in [2.05, 4.69) is 25.1 Å². The van der Waals surface area contributed by atoms with E-state index in [0.29, 0.717) is 120 Å². The molecule has 360 valence electrons. The second-order valence-corrected chi connectivity index (χ2v) is 19.0. The Morgan fingerprint density at radius 3 is 2.19 bits per heavy atom. The number of hydrogen-bond donors (Lipinski definition) is 2. The van der Waals surface area contributed by atoms with E-state index < -0.39 is 47.8 Å². The zero-order valence-electron chi connectivity index (χ0n) is 38.0. The van der Waals surface area contributed by atoms with Crippen molar-refractivity contribution in [3.05, 3.63) is 75.8 Å². The van der Waals surface area contributed by atoms with Gasteiger partial charge in [0.25, 0.3) is 17.4 Å². The number of fused-ring (bicyclic) bond motifs is 2. The Hall–Kier alpha value is -6.05. The molecule has 10 rings (SSSR count). The quantitative estimate of drug-likeness (QED) is 0.185. The van der Waals surface area contributed by atoms with Crippen molar-refractivity contribution in [2.75, 3.05) is 71.6 Å². The number of benzene rings is 2. The Bertz CT molecular complexity index is 2670. The molecule has 2 N–H and O–H groups in total. The van der Waals surface area contributed by atoms with Crippen molar-refractivity contribution in [3.63, 3.8) is 0 Å². The van der Waals surface area contributed by atoms with Gasteiger partial charge in [0.15, 0.2) is 0 Å². The number of carbonyl (C=O) groups is 4. The molecule has 2 unspecified atom stereocenters. The van der Waals surface area contributed by atoms with Crippen LogP contribution >= 0.6 is 0 Å². The first kappa shape index (κ1) is 45.7. The number of hydrogen-bond acceptors (Lipinski definition) is 13. The monoisotopic (exact) mass is 941 g/mol. The molecular formula is C49H54F3N7O9. The van der Waals surface area contributed by atoms with Gasteiger partial charge < -0.3 is 28.8 Å². The molecule has 16 nitrogen and oxygen atoms in total. The number of morpholine rings is 1. The van der Waals surface area contributed by atoms with Gasteiger partial charge in [-0.2, -0.15) is 13.2 Å². The molecule has 0 bridgehead atoms. The number of alkyl halides is 3. The van der Waals surface area contributed by atoms with Crippen LogP contribution in [-0.4, -0.2) is 139 Å². The topological polar surface area (TPSA) is 176 Å². The van der Waals surface area contributed by atoms with Crippen LogP contribution in [0.1, 0.15) is 77.6 Å². The van der Waals surface area contributed by atoms with Crippen molar-refractivity contribution in [2.45, 2.75) is 82.3 Å². The normalized spacial score (nSPS) is 22.3. The lowest BCUT2D eigenvalue weighted by Gasteiger charge is -2.53. The van der Waals surface area contributed by atoms with E-state index in [4.69, 9.17) is 18.9 Å². The molecular weight excluding hydrogens is 888 g/mol. The zero-order valence-corrected chi connectivity index (χ0v) is 38.0. The van der Waals surface area contributed by atoms with E-state index in [1.165, 1.54) is 12.1 Å². The summed E-state index contributed by atoms with van der Waals surface area (Å²) in [5, 5.41) is 3.37. The smallest absolute Gasteiger partial charge is 0.404 e. The summed E-state index contributed by atoms with van der Waals surface area (Å²) in [6, 6.07) is 7.76. The van der Waals surface area contributed by atoms with Crippen molar-refractivity contribution in [2.24, 2.45) is 11.3 Å². The molecule has 19 heteroatoms. The first-order chi connectivity index (χ1) is 32.7. The predicted octanol–water partition coefficient (Wildman–Crippen LogP) is 5.31. The maximum atomic E-state index is 15.0. The number of carbonyl (C=O) groups excluding carboxylic acids is 4. The number of rotatable bonds is 11. The van der Waals surface area contributed by atoms with Crippen molar-refractivity contribution >= 4 is 40.2 Å².